The number of halogens is 5. The maximum atomic E-state index is 13.5. The lowest BCUT2D eigenvalue weighted by molar-refractivity contribution is -0.647. The van der Waals surface area contributed by atoms with Gasteiger partial charge in [0.1, 0.15) is 0 Å². The number of alkyl halides is 3. The average Bonchev–Trinajstić information content (AvgIpc) is 2.63. The molecule has 0 saturated carbocycles. The van der Waals surface area contributed by atoms with E-state index in [0.717, 1.165) is 12.1 Å². The molecule has 1 fully saturated rings. The van der Waals surface area contributed by atoms with E-state index in [-0.39, 0.29) is 28.6 Å². The summed E-state index contributed by atoms with van der Waals surface area (Å²) in [7, 11) is 0. The average molecular weight is 456 g/mol. The summed E-state index contributed by atoms with van der Waals surface area (Å²) in [6, 6.07) is 2.25. The van der Waals surface area contributed by atoms with Crippen LogP contribution in [0.1, 0.15) is 29.5 Å². The first-order valence-electron chi connectivity index (χ1n) is 8.43. The molecule has 0 radical (unpaired) electrons. The highest BCUT2D eigenvalue weighted by molar-refractivity contribution is 6.34. The van der Waals surface area contributed by atoms with E-state index in [9.17, 15) is 28.4 Å². The van der Waals surface area contributed by atoms with E-state index in [1.807, 2.05) is 0 Å². The number of ketones is 1. The highest BCUT2D eigenvalue weighted by atomic mass is 35.5. The van der Waals surface area contributed by atoms with Crippen LogP contribution in [0.3, 0.4) is 0 Å². The number of nitrogens with zero attached hydrogens (tertiary/aromatic N) is 4. The molecule has 0 spiro atoms. The Labute approximate surface area is 174 Å². The molecule has 8 nitrogen and oxygen atoms in total. The molecule has 160 valence electrons. The maximum absolute atomic E-state index is 13.5. The van der Waals surface area contributed by atoms with Crippen LogP contribution < -0.4 is 20.2 Å². The first-order valence-corrected chi connectivity index (χ1v) is 8.81. The fourth-order valence-corrected chi connectivity index (χ4v) is 3.44. The smallest absolute Gasteiger partial charge is 0.486 e. The molecule has 1 aliphatic rings. The van der Waals surface area contributed by atoms with Gasteiger partial charge < -0.3 is 15.3 Å². The van der Waals surface area contributed by atoms with Crippen molar-refractivity contribution in [2.45, 2.75) is 19.5 Å². The zero-order valence-corrected chi connectivity index (χ0v) is 16.8. The van der Waals surface area contributed by atoms with Crippen LogP contribution in [-0.2, 0) is 6.18 Å². The Kier molecular flexibility index (Phi) is 6.68. The molecule has 2 heterocycles. The van der Waals surface area contributed by atoms with Gasteiger partial charge >= 0.3 is 17.6 Å². The summed E-state index contributed by atoms with van der Waals surface area (Å²) < 4.78 is 40.0. The van der Waals surface area contributed by atoms with Crippen LogP contribution in [0.2, 0.25) is 5.02 Å². The van der Waals surface area contributed by atoms with Crippen molar-refractivity contribution >= 4 is 46.5 Å². The molecule has 0 aliphatic carbocycles. The number of hydrogen-bond acceptors (Lipinski definition) is 6. The molecule has 1 aliphatic heterocycles. The van der Waals surface area contributed by atoms with Gasteiger partial charge in [-0.2, -0.15) is 17.9 Å². The number of nitrogens with two attached hydrogens (primary N) is 1. The number of carbonyl (C=O) groups is 1. The third-order valence-corrected chi connectivity index (χ3v) is 4.92. The van der Waals surface area contributed by atoms with Crippen LogP contribution in [-0.4, -0.2) is 37.0 Å². The quantitative estimate of drug-likeness (QED) is 0.327. The Balaban J connectivity index is 0.00000300. The number of anilines is 1. The zero-order chi connectivity index (χ0) is 20.8. The number of hydrazine groups is 1. The minimum atomic E-state index is -5.19. The molecule has 0 atom stereocenters. The van der Waals surface area contributed by atoms with Crippen LogP contribution in [0, 0.1) is 10.4 Å². The third kappa shape index (κ3) is 4.13. The fourth-order valence-electron chi connectivity index (χ4n) is 3.17. The van der Waals surface area contributed by atoms with Gasteiger partial charge in [-0.15, -0.1) is 17.1 Å². The van der Waals surface area contributed by atoms with E-state index in [4.69, 9.17) is 17.4 Å². The summed E-state index contributed by atoms with van der Waals surface area (Å²) in [6.45, 7) is 3.16. The Hall–Kier alpha value is -2.08. The molecule has 0 amide bonds. The van der Waals surface area contributed by atoms with Gasteiger partial charge in [0.25, 0.3) is 11.0 Å². The van der Waals surface area contributed by atoms with E-state index in [1.54, 1.807) is 9.91 Å². The van der Waals surface area contributed by atoms with Gasteiger partial charge in [-0.1, -0.05) is 18.5 Å². The van der Waals surface area contributed by atoms with Crippen LogP contribution >= 0.6 is 24.0 Å². The molecule has 0 unspecified atom stereocenters. The van der Waals surface area contributed by atoms with Gasteiger partial charge in [0.15, 0.2) is 0 Å². The molecule has 3 rings (SSSR count). The first-order chi connectivity index (χ1) is 13.1. The van der Waals surface area contributed by atoms with Crippen LogP contribution in [0.15, 0.2) is 12.1 Å². The second-order valence-electron chi connectivity index (χ2n) is 6.38. The molecular formula is C16H18Cl2F3N5O3. The summed E-state index contributed by atoms with van der Waals surface area (Å²) in [5, 5.41) is 26.8. The second kappa shape index (κ2) is 8.34. The number of rotatable bonds is 3. The van der Waals surface area contributed by atoms with Crippen molar-refractivity contribution < 1.29 is 27.4 Å². The van der Waals surface area contributed by atoms with Crippen molar-refractivity contribution in [2.24, 2.45) is 5.84 Å². The van der Waals surface area contributed by atoms with Gasteiger partial charge in [-0.25, -0.2) is 5.01 Å². The Morgan fingerprint density at radius 2 is 1.72 bits per heavy atom. The minimum absolute atomic E-state index is 0. The monoisotopic (exact) mass is 455 g/mol. The van der Waals surface area contributed by atoms with Gasteiger partial charge in [0.2, 0.25) is 5.78 Å². The van der Waals surface area contributed by atoms with Crippen molar-refractivity contribution in [3.63, 3.8) is 0 Å². The summed E-state index contributed by atoms with van der Waals surface area (Å²) in [5.41, 5.74) is -3.69. The van der Waals surface area contributed by atoms with Crippen LogP contribution in [0.4, 0.5) is 18.9 Å². The number of Topliss-reactive ketones (excluding diaryl/α,β-unsaturated/α-hetero) is 1. The highest BCUT2D eigenvalue weighted by Gasteiger charge is 2.51. The number of piperazine rings is 1. The zero-order valence-electron chi connectivity index (χ0n) is 15.2. The lowest BCUT2D eigenvalue weighted by Gasteiger charge is -2.34. The largest absolute Gasteiger partial charge is 0.618 e. The molecule has 1 saturated heterocycles. The number of carbonyl (C=O) groups excluding carboxylic acids is 1. The second-order valence-corrected chi connectivity index (χ2v) is 6.78. The molecule has 0 bridgehead atoms. The molecule has 29 heavy (non-hydrogen) atoms. The molecular weight excluding hydrogens is 438 g/mol. The van der Waals surface area contributed by atoms with E-state index in [1.165, 1.54) is 6.92 Å². The molecule has 1 aromatic carbocycles. The Morgan fingerprint density at radius 1 is 1.17 bits per heavy atom. The van der Waals surface area contributed by atoms with E-state index < -0.39 is 39.1 Å². The van der Waals surface area contributed by atoms with Crippen molar-refractivity contribution in [1.82, 2.24) is 5.01 Å². The summed E-state index contributed by atoms with van der Waals surface area (Å²) in [4.78, 5) is 13.8. The predicted molar refractivity (Wildman–Crippen MR) is 102 cm³/mol. The first kappa shape index (κ1) is 23.2. The third-order valence-electron chi connectivity index (χ3n) is 4.62. The number of aromatic nitrogens is 2. The molecule has 2 N–H and O–H groups in total. The van der Waals surface area contributed by atoms with Gasteiger partial charge in [-0.3, -0.25) is 10.6 Å². The highest BCUT2D eigenvalue weighted by Crippen LogP contribution is 2.33. The predicted octanol–water partition coefficient (Wildman–Crippen LogP) is 1.79. The lowest BCUT2D eigenvalue weighted by Crippen LogP contribution is -2.51. The fraction of sp³-hybridized carbons (Fsp3) is 0.438. The van der Waals surface area contributed by atoms with E-state index in [2.05, 4.69) is 0 Å². The number of benzene rings is 1. The van der Waals surface area contributed by atoms with Gasteiger partial charge in [-0.05, 0) is 0 Å². The maximum Gasteiger partial charge on any atom is 0.486 e. The van der Waals surface area contributed by atoms with Crippen molar-refractivity contribution in [3.05, 3.63) is 39.0 Å². The lowest BCUT2D eigenvalue weighted by atomic mass is 10.1. The molecule has 13 heteroatoms. The Morgan fingerprint density at radius 3 is 2.24 bits per heavy atom. The van der Waals surface area contributed by atoms with Gasteiger partial charge in [0, 0.05) is 44.7 Å². The normalized spacial score (nSPS) is 15.4. The summed E-state index contributed by atoms with van der Waals surface area (Å²) in [5.74, 6) is 4.60. The van der Waals surface area contributed by atoms with E-state index >= 15 is 0 Å². The topological polar surface area (TPSA) is 103 Å². The summed E-state index contributed by atoms with van der Waals surface area (Å²) >= 11 is 6.24. The SMILES string of the molecule is CCC(=O)c1c(C(F)(F)F)[n+]([O-])c2cc(N3CCN(N)CC3)c(Cl)cc2[n+]1[O-].Cl. The van der Waals surface area contributed by atoms with Crippen molar-refractivity contribution in [2.75, 3.05) is 31.1 Å². The van der Waals surface area contributed by atoms with Crippen LogP contribution in [0.5, 0.6) is 0 Å². The minimum Gasteiger partial charge on any atom is -0.618 e. The van der Waals surface area contributed by atoms with Crippen LogP contribution in [0.25, 0.3) is 11.0 Å². The van der Waals surface area contributed by atoms with Gasteiger partial charge in [0.05, 0.1) is 10.7 Å². The number of fused-ring (bicyclic) bond motifs is 1. The summed E-state index contributed by atoms with van der Waals surface area (Å²) in [6.07, 6.45) is -5.56. The van der Waals surface area contributed by atoms with Crippen molar-refractivity contribution in [3.8, 4) is 0 Å². The van der Waals surface area contributed by atoms with E-state index in [0.29, 0.717) is 31.9 Å². The molecule has 2 aromatic rings. The molecule has 1 aromatic heterocycles. The Bertz CT molecular complexity index is 950. The van der Waals surface area contributed by atoms with Crippen molar-refractivity contribution in [1.29, 1.82) is 0 Å². The number of hydrogen-bond donors (Lipinski definition) is 1. The standard InChI is InChI=1S/C16H17ClF3N5O3.ClH/c1-2-13(26)14-15(16(18,19)20)25(28)12-8-10(9(17)7-11(12)24(14)27)22-3-5-23(21)6-4-22;/h7-8H,2-6,21H2,1H3;1H.